The van der Waals surface area contributed by atoms with Gasteiger partial charge in [0.1, 0.15) is 12.3 Å². The fraction of sp³-hybridized carbons (Fsp3) is 0.667. The van der Waals surface area contributed by atoms with Crippen LogP contribution >= 0.6 is 23.5 Å². The van der Waals surface area contributed by atoms with E-state index in [1.807, 2.05) is 4.98 Å². The average Bonchev–Trinajstić information content (AvgIpc) is 3.01. The predicted octanol–water partition coefficient (Wildman–Crippen LogP) is 0.815. The van der Waals surface area contributed by atoms with Gasteiger partial charge >= 0.3 is 29.2 Å². The SMILES string of the molecule is Cc1cn([C@H]2C[C@@H](O[C@](C)(F)N=[N+]=[N-])[C@@H](COP(=O)(O)OP(=O)(O)OP(=O)(O)O)O2)c(=O)[nH]c1=O. The summed E-state index contributed by atoms with van der Waals surface area (Å²) >= 11 is 0. The second-order valence-electron chi connectivity index (χ2n) is 6.95. The van der Waals surface area contributed by atoms with Crippen molar-refractivity contribution in [2.75, 3.05) is 6.61 Å². The largest absolute Gasteiger partial charge is 0.490 e. The first kappa shape index (κ1) is 29.5. The molecule has 19 nitrogen and oxygen atoms in total. The van der Waals surface area contributed by atoms with Gasteiger partial charge < -0.3 is 29.0 Å². The van der Waals surface area contributed by atoms with E-state index < -0.39 is 65.7 Å². The van der Waals surface area contributed by atoms with Crippen molar-refractivity contribution >= 4 is 23.5 Å². The third-order valence-electron chi connectivity index (χ3n) is 4.04. The van der Waals surface area contributed by atoms with Crippen molar-refractivity contribution in [3.63, 3.8) is 0 Å². The van der Waals surface area contributed by atoms with Crippen LogP contribution in [0.15, 0.2) is 20.9 Å². The van der Waals surface area contributed by atoms with Gasteiger partial charge in [-0.15, -0.1) is 0 Å². The van der Waals surface area contributed by atoms with Crippen LogP contribution in [-0.2, 0) is 36.3 Å². The van der Waals surface area contributed by atoms with E-state index in [1.165, 1.54) is 6.92 Å². The van der Waals surface area contributed by atoms with Crippen LogP contribution in [0.3, 0.4) is 0 Å². The molecule has 1 aliphatic rings. The van der Waals surface area contributed by atoms with Crippen molar-refractivity contribution in [1.29, 1.82) is 0 Å². The molecule has 23 heteroatoms. The molecule has 0 saturated carbocycles. The summed E-state index contributed by atoms with van der Waals surface area (Å²) in [5.74, 6) is -2.96. The Labute approximate surface area is 193 Å². The summed E-state index contributed by atoms with van der Waals surface area (Å²) in [5.41, 5.74) is 6.92. The lowest BCUT2D eigenvalue weighted by molar-refractivity contribution is -0.178. The zero-order valence-electron chi connectivity index (χ0n) is 17.6. The van der Waals surface area contributed by atoms with Gasteiger partial charge in [0.25, 0.3) is 11.5 Å². The molecular weight excluding hydrogens is 550 g/mol. The van der Waals surface area contributed by atoms with Crippen molar-refractivity contribution in [3.05, 3.63) is 43.0 Å². The third-order valence-corrected chi connectivity index (χ3v) is 7.85. The van der Waals surface area contributed by atoms with Crippen LogP contribution < -0.4 is 11.2 Å². The number of halogens is 1. The number of phosphoric ester groups is 1. The Kier molecular flexibility index (Phi) is 9.01. The number of azide groups is 1. The van der Waals surface area contributed by atoms with Crippen LogP contribution in [0.4, 0.5) is 4.39 Å². The van der Waals surface area contributed by atoms with E-state index in [0.717, 1.165) is 17.7 Å². The Morgan fingerprint density at radius 3 is 2.49 bits per heavy atom. The van der Waals surface area contributed by atoms with Crippen LogP contribution in [0.25, 0.3) is 10.4 Å². The number of ether oxygens (including phenoxy) is 2. The number of aromatic nitrogens is 2. The van der Waals surface area contributed by atoms with Crippen LogP contribution in [0, 0.1) is 6.92 Å². The maximum Gasteiger partial charge on any atom is 0.490 e. The average molecular weight is 569 g/mol. The van der Waals surface area contributed by atoms with Gasteiger partial charge in [-0.1, -0.05) is 0 Å². The summed E-state index contributed by atoms with van der Waals surface area (Å²) in [7, 11) is -17.0. The fourth-order valence-electron chi connectivity index (χ4n) is 2.80. The molecule has 1 saturated heterocycles. The first-order chi connectivity index (χ1) is 15.8. The minimum atomic E-state index is -5.80. The molecule has 198 valence electrons. The van der Waals surface area contributed by atoms with Crippen molar-refractivity contribution in [1.82, 2.24) is 9.55 Å². The number of H-pyrrole nitrogens is 1. The molecule has 2 rings (SSSR count). The number of aromatic amines is 1. The number of hydrogen-bond acceptors (Lipinski definition) is 11. The Morgan fingerprint density at radius 2 is 1.91 bits per heavy atom. The van der Waals surface area contributed by atoms with E-state index in [1.54, 1.807) is 0 Å². The minimum absolute atomic E-state index is 0.0896. The van der Waals surface area contributed by atoms with E-state index in [4.69, 9.17) is 24.8 Å². The van der Waals surface area contributed by atoms with Crippen LogP contribution in [0.2, 0.25) is 0 Å². The van der Waals surface area contributed by atoms with Gasteiger partial charge in [-0.2, -0.15) is 8.62 Å². The van der Waals surface area contributed by atoms with Gasteiger partial charge in [0, 0.05) is 30.0 Å². The van der Waals surface area contributed by atoms with Crippen LogP contribution in [-0.4, -0.2) is 53.9 Å². The highest BCUT2D eigenvalue weighted by Gasteiger charge is 2.45. The second kappa shape index (κ2) is 10.7. The zero-order valence-corrected chi connectivity index (χ0v) is 20.3. The molecule has 2 unspecified atom stereocenters. The number of aryl methyl sites for hydroxylation is 1. The van der Waals surface area contributed by atoms with Crippen molar-refractivity contribution < 1.29 is 60.3 Å². The monoisotopic (exact) mass is 569 g/mol. The number of alkyl halides is 1. The number of rotatable bonds is 11. The molecule has 1 aliphatic heterocycles. The molecule has 1 aromatic heterocycles. The first-order valence-corrected chi connectivity index (χ1v) is 13.5. The summed E-state index contributed by atoms with van der Waals surface area (Å²) in [4.78, 5) is 63.9. The summed E-state index contributed by atoms with van der Waals surface area (Å²) in [5, 5.41) is 2.78. The summed E-state index contributed by atoms with van der Waals surface area (Å²) in [6.45, 7) is 1.04. The van der Waals surface area contributed by atoms with E-state index in [9.17, 15) is 37.5 Å². The summed E-state index contributed by atoms with van der Waals surface area (Å²) < 4.78 is 71.4. The first-order valence-electron chi connectivity index (χ1n) is 9.02. The molecule has 2 heterocycles. The summed E-state index contributed by atoms with van der Waals surface area (Å²) in [6.07, 6.45) is -3.47. The molecule has 0 aliphatic carbocycles. The lowest BCUT2D eigenvalue weighted by Crippen LogP contribution is -2.35. The summed E-state index contributed by atoms with van der Waals surface area (Å²) in [6, 6.07) is 0. The van der Waals surface area contributed by atoms with Crippen LogP contribution in [0.5, 0.6) is 0 Å². The van der Waals surface area contributed by atoms with Gasteiger partial charge in [0.2, 0.25) is 0 Å². The van der Waals surface area contributed by atoms with Crippen molar-refractivity contribution in [2.24, 2.45) is 5.11 Å². The normalized spacial score (nSPS) is 25.7. The zero-order chi connectivity index (χ0) is 26.8. The molecule has 35 heavy (non-hydrogen) atoms. The van der Waals surface area contributed by atoms with Gasteiger partial charge in [-0.25, -0.2) is 22.9 Å². The van der Waals surface area contributed by atoms with Gasteiger partial charge in [-0.3, -0.25) is 18.9 Å². The molecule has 0 amide bonds. The maximum atomic E-state index is 14.4. The van der Waals surface area contributed by atoms with E-state index in [-0.39, 0.29) is 12.0 Å². The van der Waals surface area contributed by atoms with Crippen molar-refractivity contribution in [2.45, 2.75) is 44.7 Å². The second-order valence-corrected chi connectivity index (χ2v) is 11.4. The van der Waals surface area contributed by atoms with E-state index in [0.29, 0.717) is 0 Å². The molecule has 0 radical (unpaired) electrons. The Balaban J connectivity index is 2.25. The number of hydrogen-bond donors (Lipinski definition) is 5. The number of nitrogens with zero attached hydrogens (tertiary/aromatic N) is 4. The highest BCUT2D eigenvalue weighted by Crippen LogP contribution is 2.66. The Hall–Kier alpha value is -1.75. The molecule has 0 bridgehead atoms. The molecule has 0 spiro atoms. The van der Waals surface area contributed by atoms with Crippen molar-refractivity contribution in [3.8, 4) is 0 Å². The lowest BCUT2D eigenvalue weighted by atomic mass is 10.2. The van der Waals surface area contributed by atoms with Gasteiger partial charge in [0.15, 0.2) is 0 Å². The predicted molar refractivity (Wildman–Crippen MR) is 108 cm³/mol. The highest BCUT2D eigenvalue weighted by molar-refractivity contribution is 7.66. The topological polar surface area (TPSA) is 282 Å². The highest BCUT2D eigenvalue weighted by atomic mass is 31.3. The quantitative estimate of drug-likeness (QED) is 0.0811. The smallest absolute Gasteiger partial charge is 0.349 e. The molecule has 1 aromatic rings. The number of phosphoric acid groups is 3. The molecule has 1 fully saturated rings. The fourth-order valence-corrected chi connectivity index (χ4v) is 5.83. The van der Waals surface area contributed by atoms with Crippen LogP contribution in [0.1, 0.15) is 25.1 Å². The molecule has 5 N–H and O–H groups in total. The molecule has 6 atom stereocenters. The standard InChI is InChI=1S/C12H19FN5O14P3/c1-6-4-18(11(20)15-10(6)19)9-3-7(30-12(2,13)16-17-14)8(29-9)5-28-34(24,25)32-35(26,27)31-33(21,22)23/h4,7-9H,3,5H2,1-2H3,(H,24,25)(H,26,27)(H,15,19,20)(H2,21,22,23)/t7-,8-,9-,12-/m1/s1. The van der Waals surface area contributed by atoms with E-state index >= 15 is 0 Å². The Bertz CT molecular complexity index is 1250. The minimum Gasteiger partial charge on any atom is -0.349 e. The molecule has 0 aromatic carbocycles. The Morgan fingerprint density at radius 1 is 1.29 bits per heavy atom. The van der Waals surface area contributed by atoms with Gasteiger partial charge in [-0.05, 0) is 17.6 Å². The van der Waals surface area contributed by atoms with E-state index in [2.05, 4.69) is 23.2 Å². The molecular formula is C12H19FN5O14P3. The number of nitrogens with one attached hydrogen (secondary N) is 1. The third kappa shape index (κ3) is 9.00. The van der Waals surface area contributed by atoms with Gasteiger partial charge in [0.05, 0.1) is 12.7 Å². The maximum absolute atomic E-state index is 14.4. The lowest BCUT2D eigenvalue weighted by Gasteiger charge is -2.24.